The molecule has 2 rings (SSSR count). The molecular formula is C31H48O5. The van der Waals surface area contributed by atoms with E-state index in [2.05, 4.69) is 58.1 Å². The summed E-state index contributed by atoms with van der Waals surface area (Å²) in [4.78, 5) is 11.7. The van der Waals surface area contributed by atoms with E-state index in [0.29, 0.717) is 37.7 Å². The van der Waals surface area contributed by atoms with Gasteiger partial charge in [0.15, 0.2) is 6.29 Å². The molecule has 1 spiro atoms. The number of ether oxygens (including phenoxy) is 2. The molecule has 0 amide bonds. The number of carbonyl (C=O) groups excluding carboxylic acids is 1. The van der Waals surface area contributed by atoms with Crippen LogP contribution in [0.2, 0.25) is 0 Å². The fourth-order valence-corrected chi connectivity index (χ4v) is 6.03. The lowest BCUT2D eigenvalue weighted by molar-refractivity contribution is -0.231. The zero-order chi connectivity index (χ0) is 26.9. The Morgan fingerprint density at radius 1 is 1.22 bits per heavy atom. The van der Waals surface area contributed by atoms with Crippen LogP contribution in [0.15, 0.2) is 58.2 Å². The number of rotatable bonds is 11. The summed E-state index contributed by atoms with van der Waals surface area (Å²) in [5.41, 5.74) is 3.81. The van der Waals surface area contributed by atoms with E-state index in [9.17, 15) is 15.0 Å². The number of carbonyl (C=O) groups is 1. The molecule has 5 nitrogen and oxygen atoms in total. The van der Waals surface area contributed by atoms with Crippen molar-refractivity contribution in [1.82, 2.24) is 0 Å². The number of hydrogen-bond acceptors (Lipinski definition) is 5. The highest BCUT2D eigenvalue weighted by Gasteiger charge is 2.64. The van der Waals surface area contributed by atoms with E-state index in [1.807, 2.05) is 13.8 Å². The van der Waals surface area contributed by atoms with E-state index >= 15 is 0 Å². The van der Waals surface area contributed by atoms with Gasteiger partial charge in [0.1, 0.15) is 6.29 Å². The van der Waals surface area contributed by atoms with Crippen molar-refractivity contribution < 1.29 is 24.5 Å². The Balaban J connectivity index is 2.32. The van der Waals surface area contributed by atoms with E-state index in [1.165, 1.54) is 11.1 Å². The van der Waals surface area contributed by atoms with Gasteiger partial charge in [-0.2, -0.15) is 0 Å². The van der Waals surface area contributed by atoms with E-state index in [0.717, 1.165) is 30.3 Å². The number of methoxy groups -OCH3 is 1. The molecule has 0 radical (unpaired) electrons. The fourth-order valence-electron chi connectivity index (χ4n) is 6.03. The van der Waals surface area contributed by atoms with Crippen LogP contribution < -0.4 is 0 Å². The number of aldehydes is 1. The summed E-state index contributed by atoms with van der Waals surface area (Å²) in [6.45, 7) is 12.2. The first-order valence-corrected chi connectivity index (χ1v) is 13.3. The quantitative estimate of drug-likeness (QED) is 0.149. The van der Waals surface area contributed by atoms with Crippen LogP contribution in [0.4, 0.5) is 0 Å². The molecule has 0 aromatic heterocycles. The molecule has 1 saturated heterocycles. The van der Waals surface area contributed by atoms with Gasteiger partial charge in [-0.15, -0.1) is 0 Å². The maximum Gasteiger partial charge on any atom is 0.166 e. The van der Waals surface area contributed by atoms with E-state index in [1.54, 1.807) is 7.11 Å². The van der Waals surface area contributed by atoms with Crippen LogP contribution in [0.3, 0.4) is 0 Å². The Kier molecular flexibility index (Phi) is 11.6. The molecular weight excluding hydrogens is 452 g/mol. The second kappa shape index (κ2) is 13.7. The van der Waals surface area contributed by atoms with Crippen molar-refractivity contribution in [3.8, 4) is 0 Å². The molecule has 1 saturated carbocycles. The Bertz CT molecular complexity index is 900. The number of hydrogen-bond donors (Lipinski definition) is 2. The Labute approximate surface area is 218 Å². The zero-order valence-electron chi connectivity index (χ0n) is 23.5. The summed E-state index contributed by atoms with van der Waals surface area (Å²) in [7, 11) is 1.62. The van der Waals surface area contributed by atoms with Crippen LogP contribution in [-0.4, -0.2) is 48.2 Å². The minimum Gasteiger partial charge on any atom is -0.396 e. The van der Waals surface area contributed by atoms with Gasteiger partial charge >= 0.3 is 0 Å². The normalized spacial score (nSPS) is 32.9. The topological polar surface area (TPSA) is 76.0 Å². The first-order chi connectivity index (χ1) is 17.0. The minimum absolute atomic E-state index is 0.0646. The van der Waals surface area contributed by atoms with Crippen molar-refractivity contribution in [3.05, 3.63) is 58.2 Å². The second-order valence-corrected chi connectivity index (χ2v) is 11.1. The predicted molar refractivity (Wildman–Crippen MR) is 146 cm³/mol. The maximum absolute atomic E-state index is 11.7. The molecule has 0 aromatic carbocycles. The zero-order valence-corrected chi connectivity index (χ0v) is 23.5. The summed E-state index contributed by atoms with van der Waals surface area (Å²) in [6, 6.07) is 0. The average molecular weight is 501 g/mol. The molecule has 202 valence electrons. The van der Waals surface area contributed by atoms with Crippen molar-refractivity contribution in [3.63, 3.8) is 0 Å². The van der Waals surface area contributed by atoms with Crippen LogP contribution in [0.25, 0.3) is 0 Å². The monoisotopic (exact) mass is 500 g/mol. The summed E-state index contributed by atoms with van der Waals surface area (Å²) in [6.07, 6.45) is 15.9. The summed E-state index contributed by atoms with van der Waals surface area (Å²) < 4.78 is 12.3. The highest BCUT2D eigenvalue weighted by atomic mass is 16.7. The van der Waals surface area contributed by atoms with Crippen LogP contribution >= 0.6 is 0 Å². The lowest BCUT2D eigenvalue weighted by Gasteiger charge is -2.54. The Morgan fingerprint density at radius 2 is 1.94 bits per heavy atom. The molecule has 5 atom stereocenters. The highest BCUT2D eigenvalue weighted by Crippen LogP contribution is 2.61. The molecule has 1 aliphatic heterocycles. The van der Waals surface area contributed by atoms with Gasteiger partial charge in [-0.1, -0.05) is 52.7 Å². The minimum atomic E-state index is -1.03. The van der Waals surface area contributed by atoms with Gasteiger partial charge in [0, 0.05) is 13.7 Å². The van der Waals surface area contributed by atoms with Gasteiger partial charge < -0.3 is 19.7 Å². The van der Waals surface area contributed by atoms with Gasteiger partial charge in [0.25, 0.3) is 0 Å². The lowest BCUT2D eigenvalue weighted by Crippen LogP contribution is -2.59. The predicted octanol–water partition coefficient (Wildman–Crippen LogP) is 6.38. The van der Waals surface area contributed by atoms with Gasteiger partial charge in [-0.25, -0.2) is 0 Å². The molecule has 0 aromatic rings. The molecule has 2 aliphatic rings. The van der Waals surface area contributed by atoms with Gasteiger partial charge in [0.2, 0.25) is 0 Å². The molecule has 0 bridgehead atoms. The molecule has 2 N–H and O–H groups in total. The molecule has 2 fully saturated rings. The van der Waals surface area contributed by atoms with Gasteiger partial charge in [0.05, 0.1) is 17.1 Å². The maximum atomic E-state index is 11.7. The van der Waals surface area contributed by atoms with Gasteiger partial charge in [-0.05, 0) is 98.0 Å². The molecule has 1 aliphatic carbocycles. The second-order valence-electron chi connectivity index (χ2n) is 11.1. The third-order valence-electron chi connectivity index (χ3n) is 8.01. The van der Waals surface area contributed by atoms with E-state index < -0.39 is 17.3 Å². The number of aliphatic hydroxyl groups is 2. The van der Waals surface area contributed by atoms with E-state index in [4.69, 9.17) is 9.47 Å². The molecule has 1 heterocycles. The number of allylic oxidation sites excluding steroid dienone is 9. The largest absolute Gasteiger partial charge is 0.396 e. The van der Waals surface area contributed by atoms with Crippen molar-refractivity contribution in [2.75, 3.05) is 13.7 Å². The SMILES string of the molecule is CO[C@@H]1O[C@@H](/C=C(C)/C=C/C=C(\C)CCC=C(C)C)C[C@]12[C@H](CCCO)/C(=C(\C)C=O)CC[C@]2(C)O. The standard InChI is InChI=1S/C31H48O5/c1-22(2)11-8-12-23(3)13-9-14-24(4)19-26-20-31(29(35-7)36-26)28(15-10-18-32)27(25(5)21-33)16-17-30(31,6)34/h9,11,13-14,19,21,26,28-29,32,34H,8,10,12,15-18,20H2,1-7H3/b14-9+,23-13+,24-19+,27-25+/t26-,28+,29+,30-,31-/m0/s1. The lowest BCUT2D eigenvalue weighted by atomic mass is 9.53. The van der Waals surface area contributed by atoms with Crippen LogP contribution in [-0.2, 0) is 14.3 Å². The Morgan fingerprint density at radius 3 is 2.56 bits per heavy atom. The van der Waals surface area contributed by atoms with Crippen molar-refractivity contribution >= 4 is 6.29 Å². The fraction of sp³-hybridized carbons (Fsp3) is 0.645. The average Bonchev–Trinajstić information content (AvgIpc) is 3.18. The van der Waals surface area contributed by atoms with E-state index in [-0.39, 0.29) is 18.6 Å². The molecule has 0 unspecified atom stereocenters. The third-order valence-corrected chi connectivity index (χ3v) is 8.01. The number of aliphatic hydroxyl groups excluding tert-OH is 1. The summed E-state index contributed by atoms with van der Waals surface area (Å²) in [5.74, 6) is -0.107. The first-order valence-electron chi connectivity index (χ1n) is 13.3. The van der Waals surface area contributed by atoms with Crippen molar-refractivity contribution in [2.24, 2.45) is 11.3 Å². The van der Waals surface area contributed by atoms with Crippen molar-refractivity contribution in [2.45, 2.75) is 104 Å². The van der Waals surface area contributed by atoms with Gasteiger partial charge in [-0.3, -0.25) is 4.79 Å². The smallest absolute Gasteiger partial charge is 0.166 e. The molecule has 5 heteroatoms. The Hall–Kier alpha value is -1.79. The first kappa shape index (κ1) is 30.4. The molecule has 36 heavy (non-hydrogen) atoms. The van der Waals surface area contributed by atoms with Crippen LogP contribution in [0.1, 0.15) is 86.5 Å². The van der Waals surface area contributed by atoms with Crippen molar-refractivity contribution in [1.29, 1.82) is 0 Å². The summed E-state index contributed by atoms with van der Waals surface area (Å²) >= 11 is 0. The summed E-state index contributed by atoms with van der Waals surface area (Å²) in [5, 5.41) is 21.3. The highest BCUT2D eigenvalue weighted by molar-refractivity contribution is 5.74. The van der Waals surface area contributed by atoms with Crippen LogP contribution in [0.5, 0.6) is 0 Å². The third kappa shape index (κ3) is 7.16. The van der Waals surface area contributed by atoms with Crippen LogP contribution in [0, 0.1) is 11.3 Å².